The summed E-state index contributed by atoms with van der Waals surface area (Å²) in [6.45, 7) is 7.89. The van der Waals surface area contributed by atoms with Crippen molar-refractivity contribution in [1.82, 2.24) is 5.32 Å². The largest absolute Gasteiger partial charge is 0.444 e. The Balaban J connectivity index is 2.49. The molecule has 0 saturated carbocycles. The van der Waals surface area contributed by atoms with Crippen molar-refractivity contribution in [2.75, 3.05) is 12.3 Å². The predicted octanol–water partition coefficient (Wildman–Crippen LogP) is 2.91. The Labute approximate surface area is 126 Å². The Morgan fingerprint density at radius 2 is 2.10 bits per heavy atom. The minimum absolute atomic E-state index is 0.420. The summed E-state index contributed by atoms with van der Waals surface area (Å²) in [6.07, 6.45) is 1.02. The highest BCUT2D eigenvalue weighted by Gasteiger charge is 2.15. The summed E-state index contributed by atoms with van der Waals surface area (Å²) in [7, 11) is 0. The molecule has 1 aromatic rings. The first-order valence-electron chi connectivity index (χ1n) is 6.99. The number of rotatable bonds is 4. The highest BCUT2D eigenvalue weighted by Crippen LogP contribution is 2.19. The van der Waals surface area contributed by atoms with Crippen molar-refractivity contribution in [2.24, 2.45) is 0 Å². The van der Waals surface area contributed by atoms with Crippen LogP contribution in [0.3, 0.4) is 0 Å². The van der Waals surface area contributed by atoms with E-state index in [1.165, 1.54) is 0 Å². The van der Waals surface area contributed by atoms with E-state index in [9.17, 15) is 4.79 Å². The Kier molecular flexibility index (Phi) is 5.60. The third kappa shape index (κ3) is 5.74. The lowest BCUT2D eigenvalue weighted by Gasteiger charge is -2.19. The number of carbonyl (C=O) groups excluding carboxylic acids is 1. The lowest BCUT2D eigenvalue weighted by Crippen LogP contribution is -2.33. The van der Waals surface area contributed by atoms with Crippen LogP contribution in [0.1, 0.15) is 43.9 Å². The average Bonchev–Trinajstić information content (AvgIpc) is 2.36. The number of hydrogen-bond acceptors (Lipinski definition) is 4. The number of nitrogens with two attached hydrogens (primary N) is 1. The van der Waals surface area contributed by atoms with Gasteiger partial charge in [0.1, 0.15) is 5.60 Å². The van der Waals surface area contributed by atoms with Gasteiger partial charge >= 0.3 is 6.09 Å². The first kappa shape index (κ1) is 16.8. The number of nitrogens with zero attached hydrogens (tertiary/aromatic N) is 1. The molecule has 0 aliphatic carbocycles. The third-order valence-corrected chi connectivity index (χ3v) is 2.90. The van der Waals surface area contributed by atoms with Crippen molar-refractivity contribution in [2.45, 2.75) is 46.1 Å². The Morgan fingerprint density at radius 3 is 2.67 bits per heavy atom. The standard InChI is InChI=1S/C16H23N3O2/c1-11-8-12(13(10-17)9-14(11)18)6-5-7-19-15(20)21-16(2,3)4/h8-9H,5-7,18H2,1-4H3,(H,19,20). The fourth-order valence-corrected chi connectivity index (χ4v) is 1.88. The number of amides is 1. The van der Waals surface area contributed by atoms with Crippen LogP contribution in [0.4, 0.5) is 10.5 Å². The molecule has 1 aromatic carbocycles. The molecule has 0 saturated heterocycles. The number of nitriles is 1. The summed E-state index contributed by atoms with van der Waals surface area (Å²) in [4.78, 5) is 11.5. The number of alkyl carbamates (subject to hydrolysis) is 1. The average molecular weight is 289 g/mol. The van der Waals surface area contributed by atoms with E-state index in [2.05, 4.69) is 11.4 Å². The Morgan fingerprint density at radius 1 is 1.43 bits per heavy atom. The van der Waals surface area contributed by atoms with Gasteiger partial charge in [-0.2, -0.15) is 5.26 Å². The first-order valence-corrected chi connectivity index (χ1v) is 6.99. The molecule has 0 spiro atoms. The fraction of sp³-hybridized carbons (Fsp3) is 0.500. The summed E-state index contributed by atoms with van der Waals surface area (Å²) >= 11 is 0. The van der Waals surface area contributed by atoms with Crippen molar-refractivity contribution < 1.29 is 9.53 Å². The molecule has 0 unspecified atom stereocenters. The van der Waals surface area contributed by atoms with Crippen molar-refractivity contribution in [3.8, 4) is 6.07 Å². The van der Waals surface area contributed by atoms with Crippen LogP contribution in [-0.4, -0.2) is 18.2 Å². The molecular weight excluding hydrogens is 266 g/mol. The molecule has 0 aliphatic rings. The smallest absolute Gasteiger partial charge is 0.407 e. The maximum absolute atomic E-state index is 11.5. The topological polar surface area (TPSA) is 88.1 Å². The van der Waals surface area contributed by atoms with Gasteiger partial charge in [0.2, 0.25) is 0 Å². The molecule has 3 N–H and O–H groups in total. The van der Waals surface area contributed by atoms with E-state index in [1.54, 1.807) is 6.07 Å². The van der Waals surface area contributed by atoms with E-state index in [0.29, 0.717) is 24.2 Å². The SMILES string of the molecule is Cc1cc(CCCNC(=O)OC(C)(C)C)c(C#N)cc1N. The molecule has 0 radical (unpaired) electrons. The zero-order valence-electron chi connectivity index (χ0n) is 13.1. The van der Waals surface area contributed by atoms with E-state index in [-0.39, 0.29) is 0 Å². The van der Waals surface area contributed by atoms with E-state index in [0.717, 1.165) is 17.5 Å². The molecule has 0 atom stereocenters. The lowest BCUT2D eigenvalue weighted by molar-refractivity contribution is 0.0527. The number of nitrogen functional groups attached to an aromatic ring is 1. The Hall–Kier alpha value is -2.22. The van der Waals surface area contributed by atoms with Crippen molar-refractivity contribution in [3.05, 3.63) is 28.8 Å². The van der Waals surface area contributed by atoms with E-state index in [4.69, 9.17) is 15.7 Å². The maximum Gasteiger partial charge on any atom is 0.407 e. The van der Waals surface area contributed by atoms with Gasteiger partial charge in [0.05, 0.1) is 11.6 Å². The van der Waals surface area contributed by atoms with Gasteiger partial charge in [-0.1, -0.05) is 6.07 Å². The van der Waals surface area contributed by atoms with Crippen LogP contribution in [0.5, 0.6) is 0 Å². The number of carbonyl (C=O) groups is 1. The first-order chi connectivity index (χ1) is 9.73. The van der Waals surface area contributed by atoms with Crippen molar-refractivity contribution in [1.29, 1.82) is 5.26 Å². The molecule has 0 bridgehead atoms. The molecule has 0 aliphatic heterocycles. The van der Waals surface area contributed by atoms with Crippen LogP contribution in [-0.2, 0) is 11.2 Å². The van der Waals surface area contributed by atoms with Crippen LogP contribution >= 0.6 is 0 Å². The van der Waals surface area contributed by atoms with Gasteiger partial charge in [-0.15, -0.1) is 0 Å². The normalized spacial score (nSPS) is 10.8. The van der Waals surface area contributed by atoms with Gasteiger partial charge in [-0.05, 0) is 57.7 Å². The van der Waals surface area contributed by atoms with Gasteiger partial charge in [-0.25, -0.2) is 4.79 Å². The minimum Gasteiger partial charge on any atom is -0.444 e. The summed E-state index contributed by atoms with van der Waals surface area (Å²) in [6, 6.07) is 5.78. The summed E-state index contributed by atoms with van der Waals surface area (Å²) in [5, 5.41) is 11.8. The zero-order chi connectivity index (χ0) is 16.0. The predicted molar refractivity (Wildman–Crippen MR) is 82.9 cm³/mol. The molecule has 0 fully saturated rings. The van der Waals surface area contributed by atoms with Crippen LogP contribution in [0.15, 0.2) is 12.1 Å². The zero-order valence-corrected chi connectivity index (χ0v) is 13.1. The van der Waals surface area contributed by atoms with Crippen LogP contribution < -0.4 is 11.1 Å². The highest BCUT2D eigenvalue weighted by molar-refractivity contribution is 5.67. The van der Waals surface area contributed by atoms with Crippen LogP contribution in [0.25, 0.3) is 0 Å². The highest BCUT2D eigenvalue weighted by atomic mass is 16.6. The number of nitrogens with one attached hydrogen (secondary N) is 1. The second-order valence-electron chi connectivity index (χ2n) is 6.01. The Bertz CT molecular complexity index is 554. The number of hydrogen-bond donors (Lipinski definition) is 2. The number of ether oxygens (including phenoxy) is 1. The molecule has 5 nitrogen and oxygen atoms in total. The summed E-state index contributed by atoms with van der Waals surface area (Å²) in [5.74, 6) is 0. The van der Waals surface area contributed by atoms with Gasteiger partial charge < -0.3 is 15.8 Å². The molecule has 21 heavy (non-hydrogen) atoms. The van der Waals surface area contributed by atoms with Crippen molar-refractivity contribution in [3.63, 3.8) is 0 Å². The third-order valence-electron chi connectivity index (χ3n) is 2.90. The lowest BCUT2D eigenvalue weighted by atomic mass is 10.00. The molecule has 5 heteroatoms. The van der Waals surface area contributed by atoms with Crippen molar-refractivity contribution >= 4 is 11.8 Å². The van der Waals surface area contributed by atoms with Crippen LogP contribution in [0.2, 0.25) is 0 Å². The molecular formula is C16H23N3O2. The number of anilines is 1. The van der Waals surface area contributed by atoms with Gasteiger partial charge in [0.25, 0.3) is 0 Å². The molecule has 114 valence electrons. The monoisotopic (exact) mass is 289 g/mol. The van der Waals surface area contributed by atoms with E-state index in [1.807, 2.05) is 33.8 Å². The van der Waals surface area contributed by atoms with Gasteiger partial charge in [-0.3, -0.25) is 0 Å². The number of aryl methyl sites for hydroxylation is 2. The summed E-state index contributed by atoms with van der Waals surface area (Å²) in [5.41, 5.74) is 8.44. The van der Waals surface area contributed by atoms with Gasteiger partial charge in [0, 0.05) is 12.2 Å². The minimum atomic E-state index is -0.494. The second-order valence-corrected chi connectivity index (χ2v) is 6.01. The van der Waals surface area contributed by atoms with E-state index < -0.39 is 11.7 Å². The van der Waals surface area contributed by atoms with Crippen LogP contribution in [0, 0.1) is 18.3 Å². The molecule has 1 rings (SSSR count). The van der Waals surface area contributed by atoms with E-state index >= 15 is 0 Å². The molecule has 0 aromatic heterocycles. The fourth-order valence-electron chi connectivity index (χ4n) is 1.88. The summed E-state index contributed by atoms with van der Waals surface area (Å²) < 4.78 is 5.15. The quantitative estimate of drug-likeness (QED) is 0.659. The maximum atomic E-state index is 11.5. The second kappa shape index (κ2) is 6.98. The molecule has 1 amide bonds. The van der Waals surface area contributed by atoms with Gasteiger partial charge in [0.15, 0.2) is 0 Å². The number of benzene rings is 1. The molecule has 0 heterocycles.